The topological polar surface area (TPSA) is 72.3 Å². The molecule has 5 aromatic rings. The summed E-state index contributed by atoms with van der Waals surface area (Å²) in [5.74, 6) is 1.69. The number of aromatic amines is 1. The summed E-state index contributed by atoms with van der Waals surface area (Å²) < 4.78 is 2.10. The Kier molecular flexibility index (Phi) is 5.30. The summed E-state index contributed by atoms with van der Waals surface area (Å²) >= 11 is 0. The van der Waals surface area contributed by atoms with E-state index in [1.54, 1.807) is 12.4 Å². The molecule has 0 radical (unpaired) electrons. The van der Waals surface area contributed by atoms with E-state index in [2.05, 4.69) is 66.6 Å². The molecule has 136 valence electrons. The first kappa shape index (κ1) is 17.4. The van der Waals surface area contributed by atoms with Gasteiger partial charge in [0.2, 0.25) is 0 Å². The van der Waals surface area contributed by atoms with Gasteiger partial charge in [-0.05, 0) is 12.1 Å². The number of hydrogen-bond acceptors (Lipinski definition) is 4. The van der Waals surface area contributed by atoms with Gasteiger partial charge in [0, 0.05) is 16.8 Å². The first-order valence-electron chi connectivity index (χ1n) is 8.85. The molecule has 2 aromatic heterocycles. The zero-order valence-corrected chi connectivity index (χ0v) is 15.1. The number of nitrogens with zero attached hydrogens (tertiary/aromatic N) is 5. The fraction of sp³-hybridized carbons (Fsp3) is 0. The van der Waals surface area contributed by atoms with Crippen molar-refractivity contribution in [2.75, 3.05) is 0 Å². The van der Waals surface area contributed by atoms with E-state index in [9.17, 15) is 0 Å². The molecule has 0 saturated heterocycles. The van der Waals surface area contributed by atoms with Crippen LogP contribution in [0.15, 0.2) is 103 Å². The van der Waals surface area contributed by atoms with Crippen LogP contribution in [-0.4, -0.2) is 30.2 Å². The van der Waals surface area contributed by atoms with Gasteiger partial charge in [0.05, 0.1) is 12.4 Å². The van der Waals surface area contributed by atoms with Crippen molar-refractivity contribution in [2.24, 2.45) is 0 Å². The average Bonchev–Trinajstić information content (AvgIpc) is 3.49. The molecule has 0 aliphatic rings. The molecule has 0 fully saturated rings. The Bertz CT molecular complexity index is 1010. The van der Waals surface area contributed by atoms with Crippen LogP contribution in [0.5, 0.6) is 0 Å². The standard InChI is InChI=1S/C20H15N3.C2H3N3/c1-4-10-16(11-5-1)19-21-22-20(17-12-6-2-7-13-17)23(19)18-14-8-3-9-15-18;1-2-4-5-3-1/h1-15H;1-2H,(H,3,4,5). The van der Waals surface area contributed by atoms with E-state index in [0.717, 1.165) is 28.5 Å². The molecule has 0 amide bonds. The predicted molar refractivity (Wildman–Crippen MR) is 109 cm³/mol. The van der Waals surface area contributed by atoms with Gasteiger partial charge in [-0.25, -0.2) is 0 Å². The molecule has 0 bridgehead atoms. The van der Waals surface area contributed by atoms with Crippen molar-refractivity contribution in [3.63, 3.8) is 0 Å². The van der Waals surface area contributed by atoms with Gasteiger partial charge in [-0.1, -0.05) is 78.9 Å². The summed E-state index contributed by atoms with van der Waals surface area (Å²) in [5, 5.41) is 18.2. The normalized spacial score (nSPS) is 10.1. The van der Waals surface area contributed by atoms with Crippen molar-refractivity contribution < 1.29 is 0 Å². The molecule has 5 rings (SSSR count). The van der Waals surface area contributed by atoms with Crippen molar-refractivity contribution in [1.82, 2.24) is 30.2 Å². The quantitative estimate of drug-likeness (QED) is 0.513. The molecule has 6 nitrogen and oxygen atoms in total. The first-order valence-corrected chi connectivity index (χ1v) is 8.85. The van der Waals surface area contributed by atoms with Gasteiger partial charge in [0.1, 0.15) is 0 Å². The first-order chi connectivity index (χ1) is 13.9. The van der Waals surface area contributed by atoms with Crippen LogP contribution >= 0.6 is 0 Å². The van der Waals surface area contributed by atoms with Gasteiger partial charge in [0.25, 0.3) is 0 Å². The van der Waals surface area contributed by atoms with E-state index < -0.39 is 0 Å². The number of nitrogens with one attached hydrogen (secondary N) is 1. The van der Waals surface area contributed by atoms with E-state index in [-0.39, 0.29) is 0 Å². The van der Waals surface area contributed by atoms with Crippen molar-refractivity contribution >= 4 is 0 Å². The lowest BCUT2D eigenvalue weighted by Gasteiger charge is -2.10. The summed E-state index contributed by atoms with van der Waals surface area (Å²) in [6.07, 6.45) is 3.17. The van der Waals surface area contributed by atoms with Gasteiger partial charge in [0.15, 0.2) is 11.6 Å². The number of para-hydroxylation sites is 1. The number of H-pyrrole nitrogens is 1. The summed E-state index contributed by atoms with van der Waals surface area (Å²) in [5.41, 5.74) is 3.15. The van der Waals surface area contributed by atoms with E-state index >= 15 is 0 Å². The molecule has 0 spiro atoms. The average molecular weight is 366 g/mol. The molecule has 1 N–H and O–H groups in total. The molecule has 3 aromatic carbocycles. The van der Waals surface area contributed by atoms with Gasteiger partial charge in [-0.2, -0.15) is 15.4 Å². The predicted octanol–water partition coefficient (Wildman–Crippen LogP) is 4.41. The van der Waals surface area contributed by atoms with E-state index in [1.165, 1.54) is 0 Å². The molecule has 6 heteroatoms. The third-order valence-corrected chi connectivity index (χ3v) is 4.07. The Morgan fingerprint density at radius 3 is 1.36 bits per heavy atom. The molecule has 0 saturated carbocycles. The summed E-state index contributed by atoms with van der Waals surface area (Å²) in [4.78, 5) is 0. The summed E-state index contributed by atoms with van der Waals surface area (Å²) in [6, 6.07) is 30.5. The molecule has 0 unspecified atom stereocenters. The second-order valence-corrected chi connectivity index (χ2v) is 5.91. The second kappa shape index (κ2) is 8.55. The Morgan fingerprint density at radius 1 is 0.536 bits per heavy atom. The third-order valence-electron chi connectivity index (χ3n) is 4.07. The highest BCUT2D eigenvalue weighted by Crippen LogP contribution is 2.27. The van der Waals surface area contributed by atoms with Gasteiger partial charge in [-0.3, -0.25) is 4.57 Å². The fourth-order valence-corrected chi connectivity index (χ4v) is 2.82. The van der Waals surface area contributed by atoms with Crippen LogP contribution in [0, 0.1) is 0 Å². The Hall–Kier alpha value is -4.06. The van der Waals surface area contributed by atoms with Crippen molar-refractivity contribution in [3.05, 3.63) is 103 Å². The smallest absolute Gasteiger partial charge is 0.168 e. The molecule has 0 atom stereocenters. The van der Waals surface area contributed by atoms with Crippen molar-refractivity contribution in [2.45, 2.75) is 0 Å². The maximum absolute atomic E-state index is 4.45. The van der Waals surface area contributed by atoms with Crippen LogP contribution in [-0.2, 0) is 0 Å². The van der Waals surface area contributed by atoms with Gasteiger partial charge >= 0.3 is 0 Å². The minimum atomic E-state index is 0.843. The lowest BCUT2D eigenvalue weighted by molar-refractivity contribution is 0.940. The summed E-state index contributed by atoms with van der Waals surface area (Å²) in [6.45, 7) is 0. The Balaban J connectivity index is 0.000000336. The van der Waals surface area contributed by atoms with E-state index in [0.29, 0.717) is 0 Å². The molecule has 0 aliphatic carbocycles. The number of benzene rings is 3. The molecule has 2 heterocycles. The highest BCUT2D eigenvalue weighted by molar-refractivity contribution is 5.66. The number of aromatic nitrogens is 6. The molecular formula is C22H18N6. The van der Waals surface area contributed by atoms with Crippen LogP contribution in [0.1, 0.15) is 0 Å². The Labute approximate surface area is 162 Å². The number of rotatable bonds is 3. The zero-order valence-electron chi connectivity index (χ0n) is 15.1. The third kappa shape index (κ3) is 3.86. The van der Waals surface area contributed by atoms with Gasteiger partial charge < -0.3 is 0 Å². The van der Waals surface area contributed by atoms with Crippen LogP contribution in [0.2, 0.25) is 0 Å². The summed E-state index contributed by atoms with van der Waals surface area (Å²) in [7, 11) is 0. The second-order valence-electron chi connectivity index (χ2n) is 5.91. The van der Waals surface area contributed by atoms with Crippen LogP contribution < -0.4 is 0 Å². The fourth-order valence-electron chi connectivity index (χ4n) is 2.82. The van der Waals surface area contributed by atoms with Crippen LogP contribution in [0.4, 0.5) is 0 Å². The molecule has 0 aliphatic heterocycles. The lowest BCUT2D eigenvalue weighted by atomic mass is 10.1. The highest BCUT2D eigenvalue weighted by Gasteiger charge is 2.16. The maximum Gasteiger partial charge on any atom is 0.168 e. The minimum Gasteiger partial charge on any atom is -0.275 e. The van der Waals surface area contributed by atoms with Gasteiger partial charge in [-0.15, -0.1) is 10.2 Å². The molecular weight excluding hydrogens is 348 g/mol. The van der Waals surface area contributed by atoms with E-state index in [1.807, 2.05) is 54.6 Å². The van der Waals surface area contributed by atoms with Crippen LogP contribution in [0.25, 0.3) is 28.5 Å². The van der Waals surface area contributed by atoms with E-state index in [4.69, 9.17) is 0 Å². The SMILES string of the molecule is c1ccc(-c2nnc(-c3ccccc3)n2-c2ccccc2)cc1.c1cn[nH]n1. The Morgan fingerprint density at radius 2 is 0.964 bits per heavy atom. The number of hydrogen-bond donors (Lipinski definition) is 1. The van der Waals surface area contributed by atoms with Crippen LogP contribution in [0.3, 0.4) is 0 Å². The lowest BCUT2D eigenvalue weighted by Crippen LogP contribution is -2.00. The zero-order chi connectivity index (χ0) is 19.0. The highest BCUT2D eigenvalue weighted by atomic mass is 15.3. The largest absolute Gasteiger partial charge is 0.275 e. The van der Waals surface area contributed by atoms with Crippen molar-refractivity contribution in [3.8, 4) is 28.5 Å². The monoisotopic (exact) mass is 366 g/mol. The maximum atomic E-state index is 4.45. The van der Waals surface area contributed by atoms with Crippen molar-refractivity contribution in [1.29, 1.82) is 0 Å². The minimum absolute atomic E-state index is 0.843. The molecule has 28 heavy (non-hydrogen) atoms.